The number of rotatable bonds is 3. The molecule has 4 heteroatoms. The summed E-state index contributed by atoms with van der Waals surface area (Å²) in [4.78, 5) is 0. The highest BCUT2D eigenvalue weighted by molar-refractivity contribution is 7.18. The van der Waals surface area contributed by atoms with Crippen LogP contribution in [0.3, 0.4) is 0 Å². The Kier molecular flexibility index (Phi) is 4.58. The standard InChI is InChI=1S/C26H28OSSi2/c1-26(2,3)30(4,5)27-20-13-9-15-22-24(20)19-17-28-21-14-10-16-23(25(19)21)29(22)18-11-7-6-8-12-18/h6-17,29H,1-5H3/t29-/m0/s1. The predicted molar refractivity (Wildman–Crippen MR) is 138 cm³/mol. The second-order valence-corrected chi connectivity index (χ2v) is 18.2. The maximum atomic E-state index is 6.93. The minimum absolute atomic E-state index is 0.169. The molecular weight excluding hydrogens is 417 g/mol. The molecule has 2 heterocycles. The van der Waals surface area contributed by atoms with Crippen molar-refractivity contribution in [1.82, 2.24) is 0 Å². The molecule has 4 aromatic rings. The second kappa shape index (κ2) is 6.94. The van der Waals surface area contributed by atoms with Gasteiger partial charge in [0.2, 0.25) is 0 Å². The summed E-state index contributed by atoms with van der Waals surface area (Å²) in [6.45, 7) is 11.6. The molecule has 1 aromatic heterocycles. The third-order valence-electron chi connectivity index (χ3n) is 6.89. The molecule has 1 atom stereocenters. The Morgan fingerprint density at radius 2 is 1.53 bits per heavy atom. The van der Waals surface area contributed by atoms with E-state index in [2.05, 4.69) is 106 Å². The van der Waals surface area contributed by atoms with Crippen LogP contribution < -0.4 is 20.0 Å². The van der Waals surface area contributed by atoms with E-state index < -0.39 is 17.1 Å². The van der Waals surface area contributed by atoms with E-state index in [4.69, 9.17) is 4.43 Å². The zero-order valence-corrected chi connectivity index (χ0v) is 21.3. The largest absolute Gasteiger partial charge is 0.543 e. The Hall–Kier alpha value is -2.15. The van der Waals surface area contributed by atoms with Gasteiger partial charge in [0, 0.05) is 21.2 Å². The molecule has 0 saturated carbocycles. The van der Waals surface area contributed by atoms with Gasteiger partial charge in [0.05, 0.1) is 0 Å². The second-order valence-electron chi connectivity index (χ2n) is 9.80. The maximum Gasteiger partial charge on any atom is 0.250 e. The van der Waals surface area contributed by atoms with E-state index >= 15 is 0 Å². The van der Waals surface area contributed by atoms with E-state index in [1.807, 2.05) is 11.3 Å². The van der Waals surface area contributed by atoms with Gasteiger partial charge in [0.1, 0.15) is 14.5 Å². The van der Waals surface area contributed by atoms with E-state index in [1.54, 1.807) is 5.19 Å². The highest BCUT2D eigenvalue weighted by atomic mass is 32.1. The highest BCUT2D eigenvalue weighted by Gasteiger charge is 2.40. The predicted octanol–water partition coefficient (Wildman–Crippen LogP) is 5.51. The van der Waals surface area contributed by atoms with Crippen LogP contribution in [-0.2, 0) is 0 Å². The van der Waals surface area contributed by atoms with Crippen molar-refractivity contribution >= 4 is 54.1 Å². The summed E-state index contributed by atoms with van der Waals surface area (Å²) < 4.78 is 8.32. The Morgan fingerprint density at radius 1 is 0.833 bits per heavy atom. The molecule has 152 valence electrons. The average molecular weight is 445 g/mol. The number of fused-ring (bicyclic) bond motifs is 2. The molecule has 0 aliphatic carbocycles. The number of hydrogen-bond acceptors (Lipinski definition) is 2. The normalized spacial score (nSPS) is 15.8. The topological polar surface area (TPSA) is 9.23 Å². The minimum atomic E-state index is -1.94. The lowest BCUT2D eigenvalue weighted by atomic mass is 10.0. The van der Waals surface area contributed by atoms with Crippen LogP contribution in [0.1, 0.15) is 20.8 Å². The fraction of sp³-hybridized carbons (Fsp3) is 0.231. The van der Waals surface area contributed by atoms with Crippen molar-refractivity contribution < 1.29 is 4.43 Å². The van der Waals surface area contributed by atoms with Crippen LogP contribution in [0.4, 0.5) is 0 Å². The quantitative estimate of drug-likeness (QED) is 0.333. The summed E-state index contributed by atoms with van der Waals surface area (Å²) in [6.07, 6.45) is 0. The lowest BCUT2D eigenvalue weighted by Gasteiger charge is -2.38. The van der Waals surface area contributed by atoms with Crippen molar-refractivity contribution in [3.05, 3.63) is 72.1 Å². The van der Waals surface area contributed by atoms with Gasteiger partial charge in [0.25, 0.3) is 8.32 Å². The molecule has 0 bridgehead atoms. The minimum Gasteiger partial charge on any atom is -0.543 e. The SMILES string of the molecule is CC(C)(C)[Si](C)(C)Oc1cccc2c1-c1csc3cccc(c13)[Si@H]2c1ccccc1. The van der Waals surface area contributed by atoms with Gasteiger partial charge in [-0.1, -0.05) is 80.6 Å². The zero-order chi connectivity index (χ0) is 21.1. The molecule has 0 fully saturated rings. The highest BCUT2D eigenvalue weighted by Crippen LogP contribution is 2.43. The van der Waals surface area contributed by atoms with Crippen LogP contribution >= 0.6 is 11.3 Å². The fourth-order valence-corrected chi connectivity index (χ4v) is 9.87. The number of hydrogen-bond donors (Lipinski definition) is 0. The molecule has 0 saturated heterocycles. The van der Waals surface area contributed by atoms with E-state index in [1.165, 1.54) is 31.6 Å². The summed E-state index contributed by atoms with van der Waals surface area (Å²) in [5.74, 6) is 1.08. The molecule has 1 aliphatic rings. The third kappa shape index (κ3) is 3.01. The molecule has 3 aromatic carbocycles. The Labute approximate surface area is 186 Å². The summed E-state index contributed by atoms with van der Waals surface area (Å²) >= 11 is 1.86. The van der Waals surface area contributed by atoms with Crippen molar-refractivity contribution in [1.29, 1.82) is 0 Å². The van der Waals surface area contributed by atoms with Gasteiger partial charge in [-0.15, -0.1) is 11.3 Å². The van der Waals surface area contributed by atoms with E-state index in [0.717, 1.165) is 5.75 Å². The first kappa shape index (κ1) is 19.8. The van der Waals surface area contributed by atoms with Crippen molar-refractivity contribution in [2.45, 2.75) is 38.9 Å². The monoisotopic (exact) mass is 444 g/mol. The summed E-state index contributed by atoms with van der Waals surface area (Å²) in [7, 11) is -3.50. The van der Waals surface area contributed by atoms with Crippen LogP contribution in [0.25, 0.3) is 21.2 Å². The van der Waals surface area contributed by atoms with E-state index in [0.29, 0.717) is 0 Å². The average Bonchev–Trinajstić information content (AvgIpc) is 3.13. The molecule has 0 unspecified atom stereocenters. The first-order valence-corrected chi connectivity index (χ1v) is 16.2. The lowest BCUT2D eigenvalue weighted by Crippen LogP contribution is -2.54. The molecule has 0 N–H and O–H groups in total. The molecule has 1 aliphatic heterocycles. The van der Waals surface area contributed by atoms with Crippen LogP contribution in [0, 0.1) is 0 Å². The summed E-state index contributed by atoms with van der Waals surface area (Å²) in [6, 6.07) is 24.8. The first-order chi connectivity index (χ1) is 14.3. The van der Waals surface area contributed by atoms with Crippen molar-refractivity contribution in [2.75, 3.05) is 0 Å². The van der Waals surface area contributed by atoms with Gasteiger partial charge in [-0.3, -0.25) is 0 Å². The van der Waals surface area contributed by atoms with Crippen LogP contribution in [-0.4, -0.2) is 17.1 Å². The Balaban J connectivity index is 1.80. The van der Waals surface area contributed by atoms with Gasteiger partial charge in [-0.2, -0.15) is 0 Å². The molecular formula is C26H28OSSi2. The van der Waals surface area contributed by atoms with Gasteiger partial charge >= 0.3 is 0 Å². The van der Waals surface area contributed by atoms with Crippen molar-refractivity contribution in [3.63, 3.8) is 0 Å². The summed E-state index contributed by atoms with van der Waals surface area (Å²) in [5.41, 5.74) is 2.72. The number of thiophene rings is 1. The molecule has 5 rings (SSSR count). The molecule has 1 nitrogen and oxygen atoms in total. The van der Waals surface area contributed by atoms with Crippen LogP contribution in [0.15, 0.2) is 72.1 Å². The van der Waals surface area contributed by atoms with Crippen molar-refractivity contribution in [2.24, 2.45) is 0 Å². The smallest absolute Gasteiger partial charge is 0.250 e. The van der Waals surface area contributed by atoms with E-state index in [-0.39, 0.29) is 5.04 Å². The lowest BCUT2D eigenvalue weighted by molar-refractivity contribution is 0.494. The third-order valence-corrected chi connectivity index (χ3v) is 15.4. The van der Waals surface area contributed by atoms with Crippen molar-refractivity contribution in [3.8, 4) is 16.9 Å². The first-order valence-electron chi connectivity index (χ1n) is 10.7. The van der Waals surface area contributed by atoms with Crippen LogP contribution in [0.5, 0.6) is 5.75 Å². The van der Waals surface area contributed by atoms with Gasteiger partial charge < -0.3 is 4.43 Å². The van der Waals surface area contributed by atoms with Crippen LogP contribution in [0.2, 0.25) is 18.1 Å². The van der Waals surface area contributed by atoms with E-state index in [9.17, 15) is 0 Å². The van der Waals surface area contributed by atoms with Gasteiger partial charge in [-0.25, -0.2) is 0 Å². The van der Waals surface area contributed by atoms with Gasteiger partial charge in [0.15, 0.2) is 0 Å². The Morgan fingerprint density at radius 3 is 2.27 bits per heavy atom. The molecule has 0 spiro atoms. The Bertz CT molecular complexity index is 1240. The zero-order valence-electron chi connectivity index (χ0n) is 18.3. The molecule has 30 heavy (non-hydrogen) atoms. The molecule has 0 radical (unpaired) electrons. The maximum absolute atomic E-state index is 6.93. The van der Waals surface area contributed by atoms with Gasteiger partial charge in [-0.05, 0) is 46.0 Å². The fourth-order valence-electron chi connectivity index (χ4n) is 4.30. The summed E-state index contributed by atoms with van der Waals surface area (Å²) in [5, 5.41) is 8.50. The number of benzene rings is 3. The molecule has 0 amide bonds.